The summed E-state index contributed by atoms with van der Waals surface area (Å²) in [6.45, 7) is 4.37. The lowest BCUT2D eigenvalue weighted by Gasteiger charge is -2.19. The molecule has 0 unspecified atom stereocenters. The van der Waals surface area contributed by atoms with Crippen molar-refractivity contribution in [2.24, 2.45) is 0 Å². The van der Waals surface area contributed by atoms with E-state index >= 15 is 0 Å². The lowest BCUT2D eigenvalue weighted by atomic mass is 9.95. The third kappa shape index (κ3) is 4.99. The molecule has 0 bridgehead atoms. The van der Waals surface area contributed by atoms with Gasteiger partial charge in [-0.3, -0.25) is 0 Å². The molecule has 0 saturated carbocycles. The minimum absolute atomic E-state index is 1.14. The van der Waals surface area contributed by atoms with Crippen molar-refractivity contribution in [2.75, 3.05) is 0 Å². The van der Waals surface area contributed by atoms with E-state index < -0.39 is 0 Å². The van der Waals surface area contributed by atoms with Crippen LogP contribution in [-0.2, 0) is 0 Å². The van der Waals surface area contributed by atoms with Crippen LogP contribution in [0.5, 0.6) is 0 Å². The number of nitrogens with zero attached hydrogens (tertiary/aromatic N) is 3. The second kappa shape index (κ2) is 13.1. The predicted molar refractivity (Wildman–Crippen MR) is 242 cm³/mol. The summed E-state index contributed by atoms with van der Waals surface area (Å²) in [5.41, 5.74) is 16.7. The molecule has 3 heteroatoms. The third-order valence-electron chi connectivity index (χ3n) is 11.8. The van der Waals surface area contributed by atoms with Gasteiger partial charge < -0.3 is 13.7 Å². The molecular formula is C54H39N3. The second-order valence-electron chi connectivity index (χ2n) is 14.9. The van der Waals surface area contributed by atoms with Crippen LogP contribution in [0.4, 0.5) is 0 Å². The molecule has 0 fully saturated rings. The van der Waals surface area contributed by atoms with E-state index in [-0.39, 0.29) is 0 Å². The van der Waals surface area contributed by atoms with Gasteiger partial charge in [-0.15, -0.1) is 0 Å². The van der Waals surface area contributed by atoms with Crippen molar-refractivity contribution in [3.05, 3.63) is 205 Å². The Morgan fingerprint density at radius 2 is 0.895 bits per heavy atom. The molecule has 3 nitrogen and oxygen atoms in total. The number of allylic oxidation sites excluding steroid dienone is 1. The fourth-order valence-corrected chi connectivity index (χ4v) is 9.36. The van der Waals surface area contributed by atoms with Crippen molar-refractivity contribution < 1.29 is 0 Å². The Labute approximate surface area is 331 Å². The first-order valence-corrected chi connectivity index (χ1v) is 19.7. The maximum atomic E-state index is 2.49. The summed E-state index contributed by atoms with van der Waals surface area (Å²) < 4.78 is 7.44. The molecule has 0 amide bonds. The van der Waals surface area contributed by atoms with Gasteiger partial charge in [0, 0.05) is 55.0 Å². The summed E-state index contributed by atoms with van der Waals surface area (Å²) in [4.78, 5) is 0. The number of hydrogen-bond donors (Lipinski definition) is 0. The molecule has 0 aliphatic carbocycles. The number of benzene rings is 8. The fourth-order valence-electron chi connectivity index (χ4n) is 9.36. The maximum absolute atomic E-state index is 2.49. The molecule has 11 rings (SSSR count). The zero-order valence-electron chi connectivity index (χ0n) is 31.9. The van der Waals surface area contributed by atoms with Gasteiger partial charge >= 0.3 is 0 Å². The molecule has 0 aliphatic heterocycles. The van der Waals surface area contributed by atoms with Crippen LogP contribution in [0.3, 0.4) is 0 Å². The molecule has 270 valence electrons. The highest BCUT2D eigenvalue weighted by Gasteiger charge is 2.23. The molecule has 8 aromatic carbocycles. The smallest absolute Gasteiger partial charge is 0.0779 e. The van der Waals surface area contributed by atoms with Crippen LogP contribution < -0.4 is 0 Å². The van der Waals surface area contributed by atoms with Crippen molar-refractivity contribution in [1.29, 1.82) is 0 Å². The number of rotatable bonds is 6. The molecule has 0 atom stereocenters. The number of aromatic nitrogens is 3. The van der Waals surface area contributed by atoms with Crippen LogP contribution in [0, 0.1) is 6.92 Å². The quantitative estimate of drug-likeness (QED) is 0.162. The maximum Gasteiger partial charge on any atom is 0.0779 e. The Bertz CT molecular complexity index is 3240. The average molecular weight is 730 g/mol. The van der Waals surface area contributed by atoms with Crippen LogP contribution in [-0.4, -0.2) is 13.7 Å². The highest BCUT2D eigenvalue weighted by molar-refractivity contribution is 6.13. The minimum Gasteiger partial charge on any atom is -0.311 e. The second-order valence-corrected chi connectivity index (χ2v) is 14.9. The van der Waals surface area contributed by atoms with Gasteiger partial charge in [-0.1, -0.05) is 158 Å². The zero-order valence-corrected chi connectivity index (χ0v) is 31.9. The van der Waals surface area contributed by atoms with E-state index in [0.717, 1.165) is 11.4 Å². The van der Waals surface area contributed by atoms with Gasteiger partial charge in [-0.25, -0.2) is 0 Å². The number of hydrogen-bond acceptors (Lipinski definition) is 0. The highest BCUT2D eigenvalue weighted by Crippen LogP contribution is 2.43. The van der Waals surface area contributed by atoms with Crippen LogP contribution in [0.2, 0.25) is 0 Å². The first-order valence-electron chi connectivity index (χ1n) is 19.7. The number of para-hydroxylation sites is 5. The Morgan fingerprint density at radius 3 is 1.49 bits per heavy atom. The summed E-state index contributed by atoms with van der Waals surface area (Å²) in [6.07, 6.45) is 4.42. The van der Waals surface area contributed by atoms with E-state index in [9.17, 15) is 0 Å². The summed E-state index contributed by atoms with van der Waals surface area (Å²) in [6, 6.07) is 68.6. The third-order valence-corrected chi connectivity index (χ3v) is 11.8. The van der Waals surface area contributed by atoms with Crippen molar-refractivity contribution in [2.45, 2.75) is 13.8 Å². The van der Waals surface area contributed by atoms with Crippen molar-refractivity contribution >= 4 is 60.6 Å². The molecule has 11 aromatic rings. The Kier molecular flexibility index (Phi) is 7.61. The topological polar surface area (TPSA) is 14.8 Å². The van der Waals surface area contributed by atoms with Crippen molar-refractivity contribution in [1.82, 2.24) is 13.7 Å². The molecule has 0 radical (unpaired) electrons. The molecule has 0 spiro atoms. The molecule has 3 heterocycles. The van der Waals surface area contributed by atoms with Gasteiger partial charge in [-0.05, 0) is 67.4 Å². The van der Waals surface area contributed by atoms with Crippen LogP contribution in [0.15, 0.2) is 194 Å². The Balaban J connectivity index is 1.23. The van der Waals surface area contributed by atoms with Gasteiger partial charge in [-0.2, -0.15) is 0 Å². The van der Waals surface area contributed by atoms with Crippen LogP contribution in [0.1, 0.15) is 18.2 Å². The summed E-state index contributed by atoms with van der Waals surface area (Å²) in [7, 11) is 0. The highest BCUT2D eigenvalue weighted by atomic mass is 15.1. The lowest BCUT2D eigenvalue weighted by molar-refractivity contribution is 1.04. The van der Waals surface area contributed by atoms with Gasteiger partial charge in [0.15, 0.2) is 0 Å². The van der Waals surface area contributed by atoms with Gasteiger partial charge in [0.05, 0.1) is 39.0 Å². The zero-order chi connectivity index (χ0) is 38.0. The summed E-state index contributed by atoms with van der Waals surface area (Å²) in [5.74, 6) is 0. The van der Waals surface area contributed by atoms with Crippen LogP contribution >= 0.6 is 0 Å². The van der Waals surface area contributed by atoms with E-state index in [0.29, 0.717) is 0 Å². The van der Waals surface area contributed by atoms with Gasteiger partial charge in [0.1, 0.15) is 0 Å². The summed E-state index contributed by atoms with van der Waals surface area (Å²) >= 11 is 0. The largest absolute Gasteiger partial charge is 0.311 e. The lowest BCUT2D eigenvalue weighted by Crippen LogP contribution is -2.03. The van der Waals surface area contributed by atoms with Crippen molar-refractivity contribution in [3.8, 4) is 39.3 Å². The van der Waals surface area contributed by atoms with Gasteiger partial charge in [0.2, 0.25) is 0 Å². The molecule has 3 aromatic heterocycles. The molecule has 0 aliphatic rings. The fraction of sp³-hybridized carbons (Fsp3) is 0.0370. The van der Waals surface area contributed by atoms with E-state index in [1.165, 1.54) is 93.7 Å². The number of fused-ring (bicyclic) bond motifs is 7. The van der Waals surface area contributed by atoms with Gasteiger partial charge in [0.25, 0.3) is 0 Å². The average Bonchev–Trinajstić information content (AvgIpc) is 3.89. The normalized spacial score (nSPS) is 12.0. The van der Waals surface area contributed by atoms with E-state index in [2.05, 4.69) is 228 Å². The SMILES string of the molecule is C/C=C\c1c(C)n(-c2ccc3c(c2)c2ccccc2n3-c2c(-c3ccccc3)cccc2-c2ccccc2)c2c(-n3c4ccccc4c4ccccc43)cccc12. The summed E-state index contributed by atoms with van der Waals surface area (Å²) in [5, 5.41) is 6.19. The standard InChI is InChI=1S/C54H39N3/c1-3-18-40-36(2)55(54-46(40)28-17-32-52(54)56-48-29-13-10-23-43(48)44-24-11-14-30-49(44)56)39-33-34-51-47(35-39)45-25-12-15-31-50(45)57(51)53-41(37-19-6-4-7-20-37)26-16-27-42(53)38-21-8-5-9-22-38/h3-35H,1-2H3/b18-3-. The first-order chi connectivity index (χ1) is 28.2. The van der Waals surface area contributed by atoms with Crippen LogP contribution in [0.25, 0.3) is 99.9 Å². The minimum atomic E-state index is 1.14. The monoisotopic (exact) mass is 729 g/mol. The molecule has 0 N–H and O–H groups in total. The van der Waals surface area contributed by atoms with E-state index in [1.54, 1.807) is 0 Å². The predicted octanol–water partition coefficient (Wildman–Crippen LogP) is 14.5. The Hall–Kier alpha value is -7.36. The molecular weight excluding hydrogens is 691 g/mol. The molecule has 57 heavy (non-hydrogen) atoms. The van der Waals surface area contributed by atoms with E-state index in [4.69, 9.17) is 0 Å². The Morgan fingerprint density at radius 1 is 0.404 bits per heavy atom. The first kappa shape index (κ1) is 33.0. The molecule has 0 saturated heterocycles. The van der Waals surface area contributed by atoms with E-state index in [1.807, 2.05) is 0 Å². The van der Waals surface area contributed by atoms with Crippen molar-refractivity contribution in [3.63, 3.8) is 0 Å².